The van der Waals surface area contributed by atoms with Gasteiger partial charge >= 0.3 is 5.97 Å². The highest BCUT2D eigenvalue weighted by atomic mass is 16.5. The lowest BCUT2D eigenvalue weighted by molar-refractivity contribution is -0.152. The minimum Gasteiger partial charge on any atom is -0.461 e. The third kappa shape index (κ3) is 5.11. The highest BCUT2D eigenvalue weighted by molar-refractivity contribution is 5.87. The largest absolute Gasteiger partial charge is 0.461 e. The van der Waals surface area contributed by atoms with E-state index in [0.29, 0.717) is 0 Å². The quantitative estimate of drug-likeness (QED) is 0.671. The number of ether oxygens (including phenoxy) is 1. The molecule has 1 amide bonds. The molecule has 5 nitrogen and oxygen atoms in total. The fourth-order valence-corrected chi connectivity index (χ4v) is 1.09. The van der Waals surface area contributed by atoms with Crippen molar-refractivity contribution >= 4 is 11.9 Å². The van der Waals surface area contributed by atoms with E-state index in [1.165, 1.54) is 0 Å². The SMILES string of the molecule is CC(C)OC(=O)C(NC(=O)C(C)N)C(C)C. The number of nitrogens with one attached hydrogen (secondary N) is 1. The lowest BCUT2D eigenvalue weighted by Crippen LogP contribution is -2.50. The van der Waals surface area contributed by atoms with E-state index in [9.17, 15) is 9.59 Å². The molecule has 0 saturated heterocycles. The van der Waals surface area contributed by atoms with Crippen LogP contribution < -0.4 is 11.1 Å². The molecule has 0 aromatic carbocycles. The number of rotatable bonds is 5. The molecule has 0 rings (SSSR count). The number of carbonyl (C=O) groups excluding carboxylic acids is 2. The molecule has 0 aromatic rings. The molecule has 0 bridgehead atoms. The van der Waals surface area contributed by atoms with Gasteiger partial charge in [0, 0.05) is 0 Å². The third-order valence-electron chi connectivity index (χ3n) is 1.98. The van der Waals surface area contributed by atoms with E-state index in [4.69, 9.17) is 10.5 Å². The summed E-state index contributed by atoms with van der Waals surface area (Å²) in [6.07, 6.45) is -0.194. The van der Waals surface area contributed by atoms with Crippen LogP contribution in [0.3, 0.4) is 0 Å². The zero-order valence-electron chi connectivity index (χ0n) is 10.6. The fraction of sp³-hybridized carbons (Fsp3) is 0.818. The summed E-state index contributed by atoms with van der Waals surface area (Å²) in [4.78, 5) is 23.1. The van der Waals surface area contributed by atoms with Crippen molar-refractivity contribution in [1.29, 1.82) is 0 Å². The number of hydrogen-bond acceptors (Lipinski definition) is 4. The minimum absolute atomic E-state index is 0.0334. The Bertz CT molecular complexity index is 250. The van der Waals surface area contributed by atoms with Crippen LogP contribution in [0.25, 0.3) is 0 Å². The summed E-state index contributed by atoms with van der Waals surface area (Å²) in [5.74, 6) is -0.799. The molecule has 0 saturated carbocycles. The van der Waals surface area contributed by atoms with Crippen molar-refractivity contribution in [1.82, 2.24) is 5.32 Å². The first-order chi connectivity index (χ1) is 7.25. The maximum absolute atomic E-state index is 11.7. The van der Waals surface area contributed by atoms with Crippen molar-refractivity contribution in [3.63, 3.8) is 0 Å². The van der Waals surface area contributed by atoms with E-state index in [0.717, 1.165) is 0 Å². The summed E-state index contributed by atoms with van der Waals surface area (Å²) >= 11 is 0. The van der Waals surface area contributed by atoms with Crippen molar-refractivity contribution in [2.75, 3.05) is 0 Å². The summed E-state index contributed by atoms with van der Waals surface area (Å²) in [5, 5.41) is 2.58. The average molecular weight is 230 g/mol. The van der Waals surface area contributed by atoms with E-state index in [1.54, 1.807) is 20.8 Å². The molecule has 2 atom stereocenters. The number of esters is 1. The van der Waals surface area contributed by atoms with Crippen LogP contribution in [0.2, 0.25) is 0 Å². The first-order valence-corrected chi connectivity index (χ1v) is 5.52. The van der Waals surface area contributed by atoms with Gasteiger partial charge in [0.05, 0.1) is 12.1 Å². The topological polar surface area (TPSA) is 81.4 Å². The smallest absolute Gasteiger partial charge is 0.329 e. The van der Waals surface area contributed by atoms with Gasteiger partial charge in [0.1, 0.15) is 6.04 Å². The van der Waals surface area contributed by atoms with Crippen molar-refractivity contribution in [2.45, 2.75) is 52.8 Å². The molecule has 0 spiro atoms. The monoisotopic (exact) mass is 230 g/mol. The van der Waals surface area contributed by atoms with Crippen molar-refractivity contribution < 1.29 is 14.3 Å². The molecule has 5 heteroatoms. The van der Waals surface area contributed by atoms with Gasteiger partial charge in [0.25, 0.3) is 0 Å². The van der Waals surface area contributed by atoms with E-state index in [2.05, 4.69) is 5.32 Å². The predicted octanol–water partition coefficient (Wildman–Crippen LogP) is 0.426. The summed E-state index contributed by atoms with van der Waals surface area (Å²) in [5.41, 5.74) is 5.42. The van der Waals surface area contributed by atoms with Gasteiger partial charge < -0.3 is 15.8 Å². The summed E-state index contributed by atoms with van der Waals surface area (Å²) in [7, 11) is 0. The second-order valence-corrected chi connectivity index (χ2v) is 4.50. The Kier molecular flexibility index (Phi) is 6.03. The number of amides is 1. The molecular formula is C11H22N2O3. The Morgan fingerprint density at radius 3 is 1.94 bits per heavy atom. The molecule has 3 N–H and O–H groups in total. The van der Waals surface area contributed by atoms with Crippen LogP contribution in [0.15, 0.2) is 0 Å². The Morgan fingerprint density at radius 1 is 1.12 bits per heavy atom. The number of carbonyl (C=O) groups is 2. The van der Waals surface area contributed by atoms with Crippen LogP contribution >= 0.6 is 0 Å². The fourth-order valence-electron chi connectivity index (χ4n) is 1.09. The first kappa shape index (κ1) is 14.9. The van der Waals surface area contributed by atoms with Gasteiger partial charge in [-0.3, -0.25) is 4.79 Å². The van der Waals surface area contributed by atoms with Gasteiger partial charge in [-0.1, -0.05) is 13.8 Å². The van der Waals surface area contributed by atoms with Crippen LogP contribution in [0, 0.1) is 5.92 Å². The van der Waals surface area contributed by atoms with Crippen LogP contribution in [-0.4, -0.2) is 30.1 Å². The molecule has 94 valence electrons. The lowest BCUT2D eigenvalue weighted by atomic mass is 10.0. The summed E-state index contributed by atoms with van der Waals surface area (Å²) < 4.78 is 5.06. The Balaban J connectivity index is 4.50. The van der Waals surface area contributed by atoms with Gasteiger partial charge in [-0.25, -0.2) is 4.79 Å². The van der Waals surface area contributed by atoms with Crippen molar-refractivity contribution in [2.24, 2.45) is 11.7 Å². The minimum atomic E-state index is -0.638. The zero-order valence-corrected chi connectivity index (χ0v) is 10.6. The normalized spacial score (nSPS) is 14.8. The van der Waals surface area contributed by atoms with Gasteiger partial charge in [-0.05, 0) is 26.7 Å². The number of hydrogen-bond donors (Lipinski definition) is 2. The molecule has 16 heavy (non-hydrogen) atoms. The standard InChI is InChI=1S/C11H22N2O3/c1-6(2)9(11(15)16-7(3)4)13-10(14)8(5)12/h6-9H,12H2,1-5H3,(H,13,14). The van der Waals surface area contributed by atoms with Crippen LogP contribution in [0.5, 0.6) is 0 Å². The van der Waals surface area contributed by atoms with E-state index >= 15 is 0 Å². The molecule has 0 fully saturated rings. The van der Waals surface area contributed by atoms with Gasteiger partial charge in [0.2, 0.25) is 5.91 Å². The van der Waals surface area contributed by atoms with Gasteiger partial charge in [0.15, 0.2) is 0 Å². The number of nitrogens with two attached hydrogens (primary N) is 1. The average Bonchev–Trinajstić information content (AvgIpc) is 2.11. The van der Waals surface area contributed by atoms with Crippen LogP contribution in [0.4, 0.5) is 0 Å². The van der Waals surface area contributed by atoms with E-state index in [1.807, 2.05) is 13.8 Å². The van der Waals surface area contributed by atoms with Gasteiger partial charge in [-0.15, -0.1) is 0 Å². The Labute approximate surface area is 96.7 Å². The molecule has 2 unspecified atom stereocenters. The van der Waals surface area contributed by atoms with Crippen LogP contribution in [0.1, 0.15) is 34.6 Å². The lowest BCUT2D eigenvalue weighted by Gasteiger charge is -2.22. The molecule has 0 aliphatic rings. The summed E-state index contributed by atoms with van der Waals surface area (Å²) in [6.45, 7) is 8.78. The van der Waals surface area contributed by atoms with Crippen LogP contribution in [-0.2, 0) is 14.3 Å². The summed E-state index contributed by atoms with van der Waals surface area (Å²) in [6, 6.07) is -1.27. The van der Waals surface area contributed by atoms with Crippen molar-refractivity contribution in [3.05, 3.63) is 0 Å². The Hall–Kier alpha value is -1.10. The third-order valence-corrected chi connectivity index (χ3v) is 1.98. The molecule has 0 aliphatic heterocycles. The zero-order chi connectivity index (χ0) is 12.9. The van der Waals surface area contributed by atoms with Crippen molar-refractivity contribution in [3.8, 4) is 0 Å². The highest BCUT2D eigenvalue weighted by Crippen LogP contribution is 2.06. The molecular weight excluding hydrogens is 208 g/mol. The maximum atomic E-state index is 11.7. The molecule has 0 aromatic heterocycles. The van der Waals surface area contributed by atoms with E-state index in [-0.39, 0.29) is 17.9 Å². The molecule has 0 aliphatic carbocycles. The molecule has 0 radical (unpaired) electrons. The van der Waals surface area contributed by atoms with Gasteiger partial charge in [-0.2, -0.15) is 0 Å². The second-order valence-electron chi connectivity index (χ2n) is 4.50. The second kappa shape index (κ2) is 6.48. The highest BCUT2D eigenvalue weighted by Gasteiger charge is 2.27. The first-order valence-electron chi connectivity index (χ1n) is 5.52. The predicted molar refractivity (Wildman–Crippen MR) is 61.6 cm³/mol. The Morgan fingerprint density at radius 2 is 1.62 bits per heavy atom. The maximum Gasteiger partial charge on any atom is 0.329 e. The van der Waals surface area contributed by atoms with E-state index < -0.39 is 18.1 Å². The molecule has 0 heterocycles.